The Morgan fingerprint density at radius 1 is 1.17 bits per heavy atom. The highest BCUT2D eigenvalue weighted by Gasteiger charge is 2.33. The molecule has 1 atom stereocenters. The quantitative estimate of drug-likeness (QED) is 0.836. The molecule has 0 spiro atoms. The van der Waals surface area contributed by atoms with Crippen molar-refractivity contribution in [2.75, 3.05) is 26.2 Å². The minimum Gasteiger partial charge on any atom is -0.405 e. The van der Waals surface area contributed by atoms with Crippen LogP contribution in [0.5, 0.6) is 5.75 Å². The van der Waals surface area contributed by atoms with Gasteiger partial charge in [0.25, 0.3) is 0 Å². The summed E-state index contributed by atoms with van der Waals surface area (Å²) in [5.74, 6) is -0.0815. The van der Waals surface area contributed by atoms with Crippen LogP contribution < -0.4 is 10.1 Å². The highest BCUT2D eigenvalue weighted by Crippen LogP contribution is 2.35. The topological polar surface area (TPSA) is 24.5 Å². The number of hydrogen-bond acceptors (Lipinski definition) is 3. The molecule has 134 valence electrons. The largest absolute Gasteiger partial charge is 0.573 e. The molecule has 1 aromatic rings. The summed E-state index contributed by atoms with van der Waals surface area (Å²) in [6.45, 7) is 5.45. The van der Waals surface area contributed by atoms with E-state index in [1.807, 2.05) is 6.92 Å². The van der Waals surface area contributed by atoms with Crippen LogP contribution in [0, 0.1) is 0 Å². The maximum absolute atomic E-state index is 12.6. The van der Waals surface area contributed by atoms with E-state index in [9.17, 15) is 13.2 Å². The zero-order valence-corrected chi connectivity index (χ0v) is 14.6. The van der Waals surface area contributed by atoms with E-state index in [-0.39, 0.29) is 36.6 Å². The van der Waals surface area contributed by atoms with Crippen molar-refractivity contribution in [3.63, 3.8) is 0 Å². The van der Waals surface area contributed by atoms with Gasteiger partial charge in [0.05, 0.1) is 0 Å². The number of halogens is 5. The molecule has 1 saturated heterocycles. The fourth-order valence-corrected chi connectivity index (χ4v) is 2.78. The van der Waals surface area contributed by atoms with E-state index in [2.05, 4.69) is 15.0 Å². The zero-order chi connectivity index (χ0) is 15.3. The predicted octanol–water partition coefficient (Wildman–Crippen LogP) is 4.18. The fraction of sp³-hybridized carbons (Fsp3) is 0.600. The molecule has 0 aromatic heterocycles. The summed E-state index contributed by atoms with van der Waals surface area (Å²) >= 11 is 0. The lowest BCUT2D eigenvalue weighted by Gasteiger charge is -2.35. The summed E-state index contributed by atoms with van der Waals surface area (Å²) in [6, 6.07) is 6.45. The Balaban J connectivity index is 0.00000242. The molecule has 3 nitrogen and oxygen atoms in total. The summed E-state index contributed by atoms with van der Waals surface area (Å²) < 4.78 is 41.9. The molecule has 0 unspecified atom stereocenters. The number of nitrogens with one attached hydrogen (secondary N) is 1. The van der Waals surface area contributed by atoms with E-state index >= 15 is 0 Å². The van der Waals surface area contributed by atoms with Crippen LogP contribution in [-0.4, -0.2) is 37.4 Å². The molecule has 1 fully saturated rings. The maximum atomic E-state index is 12.6. The van der Waals surface area contributed by atoms with Gasteiger partial charge in [-0.25, -0.2) is 0 Å². The average molecular weight is 375 g/mol. The second-order valence-corrected chi connectivity index (χ2v) is 5.18. The summed E-state index contributed by atoms with van der Waals surface area (Å²) in [6.07, 6.45) is -2.93. The monoisotopic (exact) mass is 374 g/mol. The third-order valence-corrected chi connectivity index (χ3v) is 3.66. The second kappa shape index (κ2) is 10.2. The molecule has 1 aliphatic heterocycles. The summed E-state index contributed by atoms with van der Waals surface area (Å²) in [4.78, 5) is 2.23. The number of alkyl halides is 3. The number of ether oxygens (including phenoxy) is 1. The predicted molar refractivity (Wildman–Crippen MR) is 89.7 cm³/mol. The first-order valence-corrected chi connectivity index (χ1v) is 7.30. The molecule has 2 rings (SSSR count). The smallest absolute Gasteiger partial charge is 0.405 e. The van der Waals surface area contributed by atoms with Crippen molar-refractivity contribution < 1.29 is 17.9 Å². The van der Waals surface area contributed by atoms with Gasteiger partial charge in [-0.2, -0.15) is 0 Å². The minimum atomic E-state index is -4.66. The first-order valence-electron chi connectivity index (χ1n) is 7.30. The summed E-state index contributed by atoms with van der Waals surface area (Å²) in [5, 5.41) is 3.26. The highest BCUT2D eigenvalue weighted by atomic mass is 35.5. The molecule has 23 heavy (non-hydrogen) atoms. The standard InChI is InChI=1S/C15H21F3N2O.2ClH/c1-2-5-13(20-10-8-19-9-11-20)12-6-3-4-7-14(12)21-15(16,17)18;;/h3-4,6-7,13,19H,2,5,8-11H2,1H3;2*1H/t13-;;/m1../s1. The van der Waals surface area contributed by atoms with Gasteiger partial charge in [0.1, 0.15) is 5.75 Å². The molecular weight excluding hydrogens is 352 g/mol. The number of hydrogen-bond donors (Lipinski definition) is 1. The number of rotatable bonds is 5. The van der Waals surface area contributed by atoms with Gasteiger partial charge < -0.3 is 10.1 Å². The van der Waals surface area contributed by atoms with Gasteiger partial charge in [0.15, 0.2) is 0 Å². The van der Waals surface area contributed by atoms with Gasteiger partial charge in [-0.3, -0.25) is 4.90 Å². The Labute approximate surface area is 147 Å². The Morgan fingerprint density at radius 3 is 2.35 bits per heavy atom. The van der Waals surface area contributed by atoms with Gasteiger partial charge in [-0.15, -0.1) is 38.0 Å². The molecule has 1 heterocycles. The third kappa shape index (κ3) is 6.75. The molecule has 1 aromatic carbocycles. The molecule has 0 bridgehead atoms. The van der Waals surface area contributed by atoms with Crippen LogP contribution in [0.15, 0.2) is 24.3 Å². The number of benzene rings is 1. The molecule has 0 amide bonds. The van der Waals surface area contributed by atoms with Crippen molar-refractivity contribution in [3.05, 3.63) is 29.8 Å². The van der Waals surface area contributed by atoms with E-state index in [1.165, 1.54) is 6.07 Å². The van der Waals surface area contributed by atoms with Crippen LogP contribution in [0.4, 0.5) is 13.2 Å². The van der Waals surface area contributed by atoms with Gasteiger partial charge in [-0.05, 0) is 12.5 Å². The lowest BCUT2D eigenvalue weighted by molar-refractivity contribution is -0.275. The van der Waals surface area contributed by atoms with Gasteiger partial charge >= 0.3 is 6.36 Å². The van der Waals surface area contributed by atoms with Crippen LogP contribution >= 0.6 is 24.8 Å². The number of nitrogens with zero attached hydrogens (tertiary/aromatic N) is 1. The van der Waals surface area contributed by atoms with Crippen LogP contribution in [0.25, 0.3) is 0 Å². The van der Waals surface area contributed by atoms with Gasteiger partial charge in [0, 0.05) is 37.8 Å². The second-order valence-electron chi connectivity index (χ2n) is 5.18. The first kappa shape index (κ1) is 22.3. The van der Waals surface area contributed by atoms with Crippen LogP contribution in [-0.2, 0) is 0 Å². The van der Waals surface area contributed by atoms with E-state index in [4.69, 9.17) is 0 Å². The van der Waals surface area contributed by atoms with E-state index < -0.39 is 6.36 Å². The molecule has 8 heteroatoms. The third-order valence-electron chi connectivity index (χ3n) is 3.66. The van der Waals surface area contributed by atoms with Crippen molar-refractivity contribution in [2.45, 2.75) is 32.2 Å². The highest BCUT2D eigenvalue weighted by molar-refractivity contribution is 5.85. The van der Waals surface area contributed by atoms with E-state index in [0.717, 1.165) is 39.0 Å². The molecule has 0 aliphatic carbocycles. The Hall–Kier alpha value is -0.690. The van der Waals surface area contributed by atoms with Crippen molar-refractivity contribution in [3.8, 4) is 5.75 Å². The van der Waals surface area contributed by atoms with Crippen molar-refractivity contribution in [1.82, 2.24) is 10.2 Å². The van der Waals surface area contributed by atoms with Crippen molar-refractivity contribution >= 4 is 24.8 Å². The Morgan fingerprint density at radius 2 is 1.78 bits per heavy atom. The fourth-order valence-electron chi connectivity index (χ4n) is 2.78. The molecule has 0 radical (unpaired) electrons. The first-order chi connectivity index (χ1) is 10.0. The molecule has 1 aliphatic rings. The Bertz CT molecular complexity index is 455. The lowest BCUT2D eigenvalue weighted by Crippen LogP contribution is -2.45. The lowest BCUT2D eigenvalue weighted by atomic mass is 9.99. The summed E-state index contributed by atoms with van der Waals surface area (Å²) in [5.41, 5.74) is 0.624. The van der Waals surface area contributed by atoms with E-state index in [1.54, 1.807) is 18.2 Å². The van der Waals surface area contributed by atoms with E-state index in [0.29, 0.717) is 5.56 Å². The van der Waals surface area contributed by atoms with Crippen LogP contribution in [0.1, 0.15) is 31.4 Å². The Kier molecular flexibility index (Phi) is 9.93. The van der Waals surface area contributed by atoms with Gasteiger partial charge in [0.2, 0.25) is 0 Å². The van der Waals surface area contributed by atoms with Crippen LogP contribution in [0.2, 0.25) is 0 Å². The normalized spacial score (nSPS) is 16.9. The minimum absolute atomic E-state index is 0. The molecule has 1 N–H and O–H groups in total. The summed E-state index contributed by atoms with van der Waals surface area (Å²) in [7, 11) is 0. The van der Waals surface area contributed by atoms with Crippen molar-refractivity contribution in [1.29, 1.82) is 0 Å². The van der Waals surface area contributed by atoms with Gasteiger partial charge in [-0.1, -0.05) is 31.5 Å². The number of para-hydroxylation sites is 1. The average Bonchev–Trinajstić information content (AvgIpc) is 2.45. The number of piperazine rings is 1. The SMILES string of the molecule is CCC[C@H](c1ccccc1OC(F)(F)F)N1CCNCC1.Cl.Cl. The maximum Gasteiger partial charge on any atom is 0.573 e. The molecule has 0 saturated carbocycles. The van der Waals surface area contributed by atoms with Crippen molar-refractivity contribution in [2.24, 2.45) is 0 Å². The molecular formula is C15H23Cl2F3N2O. The zero-order valence-electron chi connectivity index (χ0n) is 12.9. The van der Waals surface area contributed by atoms with Crippen LogP contribution in [0.3, 0.4) is 0 Å².